The molecular weight excluding hydrogens is 263 g/mol. The van der Waals surface area contributed by atoms with Crippen LogP contribution in [0.15, 0.2) is 18.2 Å². The van der Waals surface area contributed by atoms with Gasteiger partial charge in [-0.1, -0.05) is 32.9 Å². The summed E-state index contributed by atoms with van der Waals surface area (Å²) in [5.41, 5.74) is 1.93. The fraction of sp³-hybridized carbons (Fsp3) is 0.667. The standard InChI is InChI=1S/C18H29FN2/c1-4-11-20-13-15-6-5-7-17(19)18(15)21(16-8-9-16)12-10-14(2)3/h5-7,14,16,20H,4,8-13H2,1-3H3. The molecule has 2 nitrogen and oxygen atoms in total. The highest BCUT2D eigenvalue weighted by molar-refractivity contribution is 5.56. The number of benzene rings is 1. The van der Waals surface area contributed by atoms with Gasteiger partial charge in [0.2, 0.25) is 0 Å². The fourth-order valence-corrected chi connectivity index (χ4v) is 2.68. The number of para-hydroxylation sites is 1. The van der Waals surface area contributed by atoms with Crippen molar-refractivity contribution in [2.24, 2.45) is 5.92 Å². The molecule has 1 N–H and O–H groups in total. The van der Waals surface area contributed by atoms with Gasteiger partial charge in [-0.25, -0.2) is 4.39 Å². The molecule has 0 atom stereocenters. The smallest absolute Gasteiger partial charge is 0.146 e. The molecule has 1 saturated carbocycles. The molecule has 1 aromatic rings. The highest BCUT2D eigenvalue weighted by Gasteiger charge is 2.31. The second-order valence-corrected chi connectivity index (χ2v) is 6.53. The molecule has 3 heteroatoms. The lowest BCUT2D eigenvalue weighted by Gasteiger charge is -2.28. The van der Waals surface area contributed by atoms with Gasteiger partial charge in [0.05, 0.1) is 5.69 Å². The Morgan fingerprint density at radius 1 is 1.33 bits per heavy atom. The molecule has 1 aromatic carbocycles. The van der Waals surface area contributed by atoms with Crippen LogP contribution in [0.3, 0.4) is 0 Å². The number of nitrogens with one attached hydrogen (secondary N) is 1. The van der Waals surface area contributed by atoms with Crippen LogP contribution in [0.25, 0.3) is 0 Å². The van der Waals surface area contributed by atoms with Crippen LogP contribution in [-0.2, 0) is 6.54 Å². The zero-order valence-corrected chi connectivity index (χ0v) is 13.7. The molecule has 0 heterocycles. The van der Waals surface area contributed by atoms with Gasteiger partial charge in [-0.15, -0.1) is 0 Å². The maximum absolute atomic E-state index is 14.5. The van der Waals surface area contributed by atoms with Crippen molar-refractivity contribution < 1.29 is 4.39 Å². The lowest BCUT2D eigenvalue weighted by molar-refractivity contribution is 0.555. The summed E-state index contributed by atoms with van der Waals surface area (Å²) >= 11 is 0. The predicted molar refractivity (Wildman–Crippen MR) is 88.2 cm³/mol. The van der Waals surface area contributed by atoms with Crippen molar-refractivity contribution in [2.45, 2.75) is 59.0 Å². The Bertz CT molecular complexity index is 441. The van der Waals surface area contributed by atoms with Gasteiger partial charge in [-0.05, 0) is 49.8 Å². The first-order valence-electron chi connectivity index (χ1n) is 8.38. The number of hydrogen-bond donors (Lipinski definition) is 1. The Labute approximate surface area is 128 Å². The molecule has 0 bridgehead atoms. The van der Waals surface area contributed by atoms with Crippen LogP contribution in [0.2, 0.25) is 0 Å². The Balaban J connectivity index is 2.17. The van der Waals surface area contributed by atoms with Gasteiger partial charge in [0.1, 0.15) is 5.82 Å². The van der Waals surface area contributed by atoms with Crippen molar-refractivity contribution in [3.8, 4) is 0 Å². The number of hydrogen-bond acceptors (Lipinski definition) is 2. The third-order valence-corrected chi connectivity index (χ3v) is 4.03. The molecule has 1 fully saturated rings. The minimum atomic E-state index is -0.0681. The summed E-state index contributed by atoms with van der Waals surface area (Å²) in [6.07, 6.45) is 4.62. The monoisotopic (exact) mass is 292 g/mol. The van der Waals surface area contributed by atoms with Gasteiger partial charge < -0.3 is 10.2 Å². The van der Waals surface area contributed by atoms with E-state index in [2.05, 4.69) is 37.1 Å². The normalized spacial score (nSPS) is 14.7. The molecule has 0 unspecified atom stereocenters. The molecule has 2 rings (SSSR count). The van der Waals surface area contributed by atoms with Crippen molar-refractivity contribution >= 4 is 5.69 Å². The van der Waals surface area contributed by atoms with Gasteiger partial charge >= 0.3 is 0 Å². The number of rotatable bonds is 9. The zero-order chi connectivity index (χ0) is 15.2. The molecule has 0 spiro atoms. The summed E-state index contributed by atoms with van der Waals surface area (Å²) in [4.78, 5) is 2.32. The van der Waals surface area contributed by atoms with Crippen molar-refractivity contribution in [3.63, 3.8) is 0 Å². The Morgan fingerprint density at radius 2 is 2.10 bits per heavy atom. The van der Waals surface area contributed by atoms with Crippen LogP contribution in [0.1, 0.15) is 52.0 Å². The topological polar surface area (TPSA) is 15.3 Å². The molecule has 1 aliphatic rings. The van der Waals surface area contributed by atoms with E-state index < -0.39 is 0 Å². The van der Waals surface area contributed by atoms with Gasteiger partial charge in [-0.3, -0.25) is 0 Å². The maximum atomic E-state index is 14.5. The van der Waals surface area contributed by atoms with Gasteiger partial charge in [0, 0.05) is 19.1 Å². The molecular formula is C18H29FN2. The second kappa shape index (κ2) is 7.79. The van der Waals surface area contributed by atoms with E-state index in [4.69, 9.17) is 0 Å². The second-order valence-electron chi connectivity index (χ2n) is 6.53. The van der Waals surface area contributed by atoms with Gasteiger partial charge in [0.15, 0.2) is 0 Å². The lowest BCUT2D eigenvalue weighted by Crippen LogP contribution is -2.30. The number of halogens is 1. The van der Waals surface area contributed by atoms with Crippen LogP contribution in [-0.4, -0.2) is 19.1 Å². The summed E-state index contributed by atoms with van der Waals surface area (Å²) in [7, 11) is 0. The van der Waals surface area contributed by atoms with Crippen LogP contribution < -0.4 is 10.2 Å². The molecule has 0 saturated heterocycles. The van der Waals surface area contributed by atoms with Crippen LogP contribution in [0, 0.1) is 11.7 Å². The Kier molecular flexibility index (Phi) is 6.04. The average Bonchev–Trinajstić information content (AvgIpc) is 3.26. The summed E-state index contributed by atoms with van der Waals surface area (Å²) in [6.45, 7) is 9.31. The van der Waals surface area contributed by atoms with Crippen molar-refractivity contribution in [1.82, 2.24) is 5.32 Å². The third-order valence-electron chi connectivity index (χ3n) is 4.03. The summed E-state index contributed by atoms with van der Waals surface area (Å²) < 4.78 is 14.5. The van der Waals surface area contributed by atoms with E-state index in [-0.39, 0.29) is 5.82 Å². The van der Waals surface area contributed by atoms with Gasteiger partial charge in [0.25, 0.3) is 0 Å². The van der Waals surface area contributed by atoms with Gasteiger partial charge in [-0.2, -0.15) is 0 Å². The van der Waals surface area contributed by atoms with E-state index in [0.717, 1.165) is 43.7 Å². The lowest BCUT2D eigenvalue weighted by atomic mass is 10.1. The Morgan fingerprint density at radius 3 is 2.71 bits per heavy atom. The maximum Gasteiger partial charge on any atom is 0.146 e. The molecule has 118 valence electrons. The quantitative estimate of drug-likeness (QED) is 0.681. The van der Waals surface area contributed by atoms with E-state index >= 15 is 0 Å². The third kappa shape index (κ3) is 4.70. The largest absolute Gasteiger partial charge is 0.366 e. The summed E-state index contributed by atoms with van der Waals surface area (Å²) in [5.74, 6) is 0.584. The SMILES string of the molecule is CCCNCc1cccc(F)c1N(CCC(C)C)C1CC1. The van der Waals surface area contributed by atoms with Crippen molar-refractivity contribution in [1.29, 1.82) is 0 Å². The Hall–Kier alpha value is -1.09. The first-order valence-corrected chi connectivity index (χ1v) is 8.38. The first-order chi connectivity index (χ1) is 10.1. The minimum Gasteiger partial charge on any atom is -0.366 e. The average molecular weight is 292 g/mol. The predicted octanol–water partition coefficient (Wildman–Crippen LogP) is 4.34. The molecule has 21 heavy (non-hydrogen) atoms. The summed E-state index contributed by atoms with van der Waals surface area (Å²) in [5, 5.41) is 3.40. The molecule has 0 aromatic heterocycles. The molecule has 0 amide bonds. The molecule has 1 aliphatic carbocycles. The first kappa shape index (κ1) is 16.3. The van der Waals surface area contributed by atoms with Crippen LogP contribution in [0.4, 0.5) is 10.1 Å². The number of anilines is 1. The van der Waals surface area contributed by atoms with Crippen LogP contribution >= 0.6 is 0 Å². The van der Waals surface area contributed by atoms with E-state index in [0.29, 0.717) is 12.0 Å². The van der Waals surface area contributed by atoms with Crippen molar-refractivity contribution in [2.75, 3.05) is 18.0 Å². The van der Waals surface area contributed by atoms with Crippen molar-refractivity contribution in [3.05, 3.63) is 29.6 Å². The highest BCUT2D eigenvalue weighted by Crippen LogP contribution is 2.35. The molecule has 0 aliphatic heterocycles. The van der Waals surface area contributed by atoms with E-state index in [1.54, 1.807) is 6.07 Å². The minimum absolute atomic E-state index is 0.0681. The van der Waals surface area contributed by atoms with E-state index in [1.165, 1.54) is 12.8 Å². The summed E-state index contributed by atoms with van der Waals surface area (Å²) in [6, 6.07) is 6.04. The van der Waals surface area contributed by atoms with E-state index in [9.17, 15) is 4.39 Å². The highest BCUT2D eigenvalue weighted by atomic mass is 19.1. The van der Waals surface area contributed by atoms with Crippen LogP contribution in [0.5, 0.6) is 0 Å². The van der Waals surface area contributed by atoms with E-state index in [1.807, 2.05) is 6.07 Å². The fourth-order valence-electron chi connectivity index (χ4n) is 2.68. The number of nitrogens with zero attached hydrogens (tertiary/aromatic N) is 1. The molecule has 0 radical (unpaired) electrons. The zero-order valence-electron chi connectivity index (χ0n) is 13.7.